The quantitative estimate of drug-likeness (QED) is 0.620. The van der Waals surface area contributed by atoms with Gasteiger partial charge in [-0.3, -0.25) is 4.79 Å². The maximum atomic E-state index is 12.5. The zero-order chi connectivity index (χ0) is 19.8. The Bertz CT molecular complexity index is 566. The fourth-order valence-corrected chi connectivity index (χ4v) is 2.27. The van der Waals surface area contributed by atoms with Crippen molar-refractivity contribution in [3.8, 4) is 5.75 Å². The second kappa shape index (κ2) is 9.66. The Morgan fingerprint density at radius 1 is 1.31 bits per heavy atom. The minimum absolute atomic E-state index is 0.0265. The van der Waals surface area contributed by atoms with Gasteiger partial charge in [-0.25, -0.2) is 0 Å². The number of halogens is 3. The zero-order valence-electron chi connectivity index (χ0n) is 15.4. The summed E-state index contributed by atoms with van der Waals surface area (Å²) in [6.07, 6.45) is -2.22. The van der Waals surface area contributed by atoms with Crippen LogP contribution in [0.3, 0.4) is 0 Å². The molecule has 1 unspecified atom stereocenters. The molecule has 1 fully saturated rings. The molecule has 0 spiro atoms. The third-order valence-corrected chi connectivity index (χ3v) is 3.61. The van der Waals surface area contributed by atoms with Crippen LogP contribution in [0.4, 0.5) is 18.9 Å². The van der Waals surface area contributed by atoms with Crippen molar-refractivity contribution in [1.82, 2.24) is 5.32 Å². The van der Waals surface area contributed by atoms with Gasteiger partial charge < -0.3 is 20.5 Å². The lowest BCUT2D eigenvalue weighted by molar-refractivity contribution is -0.139. The van der Waals surface area contributed by atoms with Crippen molar-refractivity contribution in [2.24, 2.45) is 5.92 Å². The van der Waals surface area contributed by atoms with Crippen molar-refractivity contribution in [3.63, 3.8) is 0 Å². The summed E-state index contributed by atoms with van der Waals surface area (Å²) in [4.78, 5) is 9.60. The minimum atomic E-state index is -4.38. The van der Waals surface area contributed by atoms with Crippen molar-refractivity contribution < 1.29 is 27.4 Å². The van der Waals surface area contributed by atoms with Crippen molar-refractivity contribution in [3.05, 3.63) is 23.8 Å². The van der Waals surface area contributed by atoms with Crippen molar-refractivity contribution in [1.29, 1.82) is 0 Å². The number of hydrogen-bond donors (Lipinski definition) is 2. The van der Waals surface area contributed by atoms with Crippen LogP contribution in [0.5, 0.6) is 5.75 Å². The van der Waals surface area contributed by atoms with Gasteiger partial charge in [0.15, 0.2) is 0 Å². The van der Waals surface area contributed by atoms with Crippen LogP contribution in [0.1, 0.15) is 39.2 Å². The first-order chi connectivity index (χ1) is 12.0. The highest BCUT2D eigenvalue weighted by Crippen LogP contribution is 2.33. The summed E-state index contributed by atoms with van der Waals surface area (Å²) in [6.45, 7) is 8.28. The molecule has 0 saturated carbocycles. The maximum Gasteiger partial charge on any atom is 0.416 e. The average Bonchev–Trinajstić information content (AvgIpc) is 2.53. The van der Waals surface area contributed by atoms with E-state index >= 15 is 0 Å². The summed E-state index contributed by atoms with van der Waals surface area (Å²) in [5, 5.41) is 3.25. The first-order valence-corrected chi connectivity index (χ1v) is 8.44. The second-order valence-electron chi connectivity index (χ2n) is 7.10. The summed E-state index contributed by atoms with van der Waals surface area (Å²) >= 11 is 0. The molecule has 1 aliphatic heterocycles. The first kappa shape index (κ1) is 22.1. The molecule has 1 aromatic rings. The highest BCUT2D eigenvalue weighted by Gasteiger charge is 2.31. The Morgan fingerprint density at radius 3 is 2.42 bits per heavy atom. The van der Waals surface area contributed by atoms with Crippen LogP contribution in [0.15, 0.2) is 18.2 Å². The lowest BCUT2D eigenvalue weighted by Gasteiger charge is -2.23. The molecule has 1 heterocycles. The summed E-state index contributed by atoms with van der Waals surface area (Å²) < 4.78 is 47.5. The van der Waals surface area contributed by atoms with Gasteiger partial charge in [0.25, 0.3) is 6.47 Å². The Kier molecular flexibility index (Phi) is 8.20. The van der Waals surface area contributed by atoms with E-state index in [1.165, 1.54) is 6.07 Å². The van der Waals surface area contributed by atoms with E-state index in [0.29, 0.717) is 24.7 Å². The van der Waals surface area contributed by atoms with Crippen molar-refractivity contribution in [2.75, 3.05) is 25.4 Å². The summed E-state index contributed by atoms with van der Waals surface area (Å²) in [7, 11) is 0. The number of nitrogen functional groups attached to an aromatic ring is 1. The molecule has 5 nitrogen and oxygen atoms in total. The normalized spacial score (nSPS) is 17.7. The molecule has 1 saturated heterocycles. The fraction of sp³-hybridized carbons (Fsp3) is 0.611. The number of carbonyl (C=O) groups is 1. The monoisotopic (exact) mass is 376 g/mol. The largest absolute Gasteiger partial charge is 0.491 e. The molecule has 0 aliphatic carbocycles. The fourth-order valence-electron chi connectivity index (χ4n) is 2.27. The third kappa shape index (κ3) is 8.42. The van der Waals surface area contributed by atoms with E-state index in [0.717, 1.165) is 38.1 Å². The Hall–Kier alpha value is -1.96. The van der Waals surface area contributed by atoms with Gasteiger partial charge in [-0.1, -0.05) is 0 Å². The van der Waals surface area contributed by atoms with Gasteiger partial charge >= 0.3 is 6.18 Å². The van der Waals surface area contributed by atoms with Crippen LogP contribution in [0.25, 0.3) is 0 Å². The topological polar surface area (TPSA) is 73.6 Å². The maximum absolute atomic E-state index is 12.5. The molecule has 0 aromatic heterocycles. The van der Waals surface area contributed by atoms with Gasteiger partial charge in [-0.2, -0.15) is 13.2 Å². The highest BCUT2D eigenvalue weighted by molar-refractivity contribution is 5.54. The van der Waals surface area contributed by atoms with E-state index < -0.39 is 11.7 Å². The Morgan fingerprint density at radius 2 is 2.00 bits per heavy atom. The van der Waals surface area contributed by atoms with Gasteiger partial charge in [-0.05, 0) is 58.4 Å². The molecular formula is C18H27F3N2O3. The summed E-state index contributed by atoms with van der Waals surface area (Å²) in [5.41, 5.74) is 4.55. The standard InChI is InChI=1S/C13H17F3N2O.C5H10O2/c14-13(15,16)10-3-4-12(11(17)6-10)19-8-9-2-1-5-18-7-9;1-5(2,3)7-4-6/h3-4,6,9,18H,1-2,5,7-8,17H2;4H,1-3H3. The van der Waals surface area contributed by atoms with E-state index in [9.17, 15) is 18.0 Å². The smallest absolute Gasteiger partial charge is 0.416 e. The Labute approximate surface area is 152 Å². The molecule has 0 bridgehead atoms. The van der Waals surface area contributed by atoms with E-state index in [2.05, 4.69) is 10.1 Å². The number of rotatable bonds is 4. The number of piperidine rings is 1. The van der Waals surface area contributed by atoms with E-state index in [4.69, 9.17) is 10.5 Å². The number of benzene rings is 1. The first-order valence-electron chi connectivity index (χ1n) is 8.44. The number of ether oxygens (including phenoxy) is 2. The van der Waals surface area contributed by atoms with Crippen LogP contribution < -0.4 is 15.8 Å². The summed E-state index contributed by atoms with van der Waals surface area (Å²) in [5.74, 6) is 0.703. The Balaban J connectivity index is 0.000000412. The number of nitrogens with two attached hydrogens (primary N) is 1. The van der Waals surface area contributed by atoms with Gasteiger partial charge in [0.2, 0.25) is 0 Å². The molecule has 2 rings (SSSR count). The van der Waals surface area contributed by atoms with Gasteiger partial charge in [0.05, 0.1) is 17.9 Å². The molecule has 8 heteroatoms. The lowest BCUT2D eigenvalue weighted by Crippen LogP contribution is -2.33. The lowest BCUT2D eigenvalue weighted by atomic mass is 10.0. The predicted octanol–water partition coefficient (Wildman–Crippen LogP) is 3.62. The molecule has 1 aromatic carbocycles. The molecule has 0 amide bonds. The number of nitrogens with one attached hydrogen (secondary N) is 1. The van der Waals surface area contributed by atoms with Crippen LogP contribution in [0.2, 0.25) is 0 Å². The average molecular weight is 376 g/mol. The van der Waals surface area contributed by atoms with Crippen LogP contribution >= 0.6 is 0 Å². The number of anilines is 1. The van der Waals surface area contributed by atoms with Gasteiger partial charge in [0.1, 0.15) is 11.4 Å². The van der Waals surface area contributed by atoms with E-state index in [1.54, 1.807) is 0 Å². The summed E-state index contributed by atoms with van der Waals surface area (Å²) in [6, 6.07) is 3.19. The third-order valence-electron chi connectivity index (χ3n) is 3.61. The van der Waals surface area contributed by atoms with Crippen molar-refractivity contribution in [2.45, 2.75) is 45.4 Å². The second-order valence-corrected chi connectivity index (χ2v) is 7.10. The molecular weight excluding hydrogens is 349 g/mol. The van der Waals surface area contributed by atoms with Crippen LogP contribution in [0, 0.1) is 5.92 Å². The molecule has 0 radical (unpaired) electrons. The zero-order valence-corrected chi connectivity index (χ0v) is 15.4. The minimum Gasteiger partial charge on any atom is -0.491 e. The highest BCUT2D eigenvalue weighted by atomic mass is 19.4. The van der Waals surface area contributed by atoms with Crippen LogP contribution in [-0.4, -0.2) is 31.8 Å². The number of alkyl halides is 3. The SMILES string of the molecule is CC(C)(C)OC=O.Nc1cc(C(F)(F)F)ccc1OCC1CCCNC1. The molecule has 1 aliphatic rings. The molecule has 3 N–H and O–H groups in total. The molecule has 1 atom stereocenters. The van der Waals surface area contributed by atoms with Crippen LogP contribution in [-0.2, 0) is 15.7 Å². The van der Waals surface area contributed by atoms with Gasteiger partial charge in [-0.15, -0.1) is 0 Å². The van der Waals surface area contributed by atoms with Gasteiger partial charge in [0, 0.05) is 12.5 Å². The molecule has 148 valence electrons. The van der Waals surface area contributed by atoms with E-state index in [1.807, 2.05) is 20.8 Å². The van der Waals surface area contributed by atoms with Crippen molar-refractivity contribution >= 4 is 12.2 Å². The number of carbonyl (C=O) groups excluding carboxylic acids is 1. The number of hydrogen-bond acceptors (Lipinski definition) is 5. The predicted molar refractivity (Wildman–Crippen MR) is 93.8 cm³/mol. The van der Waals surface area contributed by atoms with E-state index in [-0.39, 0.29) is 11.3 Å². The molecule has 26 heavy (non-hydrogen) atoms.